The summed E-state index contributed by atoms with van der Waals surface area (Å²) in [5.74, 6) is 1.38. The van der Waals surface area contributed by atoms with Crippen LogP contribution in [0.25, 0.3) is 0 Å². The van der Waals surface area contributed by atoms with E-state index < -0.39 is 10.0 Å². The predicted molar refractivity (Wildman–Crippen MR) is 112 cm³/mol. The first-order chi connectivity index (χ1) is 14.0. The number of nitrogens with zero attached hydrogens (tertiary/aromatic N) is 4. The number of aryl methyl sites for hydroxylation is 1. The normalized spacial score (nSPS) is 22.9. The fourth-order valence-corrected chi connectivity index (χ4v) is 6.05. The van der Waals surface area contributed by atoms with E-state index in [9.17, 15) is 8.42 Å². The second-order valence-corrected chi connectivity index (χ2v) is 9.97. The molecule has 29 heavy (non-hydrogen) atoms. The monoisotopic (exact) mass is 416 g/mol. The van der Waals surface area contributed by atoms with E-state index in [0.717, 1.165) is 50.2 Å². The van der Waals surface area contributed by atoms with Gasteiger partial charge < -0.3 is 9.64 Å². The molecule has 1 aromatic heterocycles. The van der Waals surface area contributed by atoms with E-state index in [-0.39, 0.29) is 5.41 Å². The Balaban J connectivity index is 1.51. The predicted octanol–water partition coefficient (Wildman–Crippen LogP) is 2.73. The quantitative estimate of drug-likeness (QED) is 0.746. The minimum Gasteiger partial charge on any atom is -0.481 e. The maximum atomic E-state index is 13.2. The van der Waals surface area contributed by atoms with Gasteiger partial charge in [0.05, 0.1) is 12.0 Å². The third kappa shape index (κ3) is 3.96. The lowest BCUT2D eigenvalue weighted by Crippen LogP contribution is -2.45. The summed E-state index contributed by atoms with van der Waals surface area (Å²) in [4.78, 5) is 11.1. The number of sulfonamides is 1. The Labute approximate surface area is 172 Å². The Morgan fingerprint density at radius 1 is 1.10 bits per heavy atom. The van der Waals surface area contributed by atoms with E-state index in [2.05, 4.69) is 21.8 Å². The van der Waals surface area contributed by atoms with Crippen molar-refractivity contribution in [1.82, 2.24) is 14.3 Å². The lowest BCUT2D eigenvalue weighted by molar-refractivity contribution is 0.246. The fraction of sp³-hybridized carbons (Fsp3) is 0.524. The molecule has 0 amide bonds. The molecule has 1 unspecified atom stereocenters. The number of piperidine rings is 1. The minimum atomic E-state index is -3.46. The van der Waals surface area contributed by atoms with Gasteiger partial charge in [0, 0.05) is 37.7 Å². The van der Waals surface area contributed by atoms with E-state index in [1.807, 2.05) is 18.2 Å². The minimum absolute atomic E-state index is 0.0349. The Bertz CT molecular complexity index is 964. The van der Waals surface area contributed by atoms with Crippen LogP contribution in [-0.2, 0) is 16.4 Å². The zero-order chi connectivity index (χ0) is 20.5. The molecule has 0 N–H and O–H groups in total. The highest BCUT2D eigenvalue weighted by atomic mass is 32.2. The van der Waals surface area contributed by atoms with Crippen LogP contribution < -0.4 is 9.64 Å². The molecule has 0 saturated carbocycles. The molecule has 2 fully saturated rings. The van der Waals surface area contributed by atoms with Gasteiger partial charge in [0.25, 0.3) is 0 Å². The standard InChI is InChI=1S/C21H28N4O3S/c1-3-17-5-7-18(8-6-17)29(26,27)25-12-10-21(15-25)9-4-11-24(14-21)19-13-20(28-2)23-16-22-19/h5-8,13,16H,3-4,9-12,14-15H2,1-2H3. The number of hydrogen-bond donors (Lipinski definition) is 0. The third-order valence-electron chi connectivity index (χ3n) is 6.19. The van der Waals surface area contributed by atoms with Gasteiger partial charge in [-0.15, -0.1) is 0 Å². The van der Waals surface area contributed by atoms with Gasteiger partial charge in [0.1, 0.15) is 12.1 Å². The number of rotatable bonds is 5. The Morgan fingerprint density at radius 2 is 1.90 bits per heavy atom. The van der Waals surface area contributed by atoms with E-state index in [1.165, 1.54) is 6.33 Å². The first kappa shape index (κ1) is 20.1. The molecule has 8 heteroatoms. The highest BCUT2D eigenvalue weighted by Gasteiger charge is 2.45. The van der Waals surface area contributed by atoms with E-state index in [1.54, 1.807) is 23.5 Å². The molecule has 2 aliphatic rings. The summed E-state index contributed by atoms with van der Waals surface area (Å²) in [6.45, 7) is 4.90. The first-order valence-electron chi connectivity index (χ1n) is 10.2. The van der Waals surface area contributed by atoms with Crippen LogP contribution >= 0.6 is 0 Å². The number of methoxy groups -OCH3 is 1. The van der Waals surface area contributed by atoms with Crippen molar-refractivity contribution >= 4 is 15.8 Å². The van der Waals surface area contributed by atoms with Crippen molar-refractivity contribution in [2.45, 2.75) is 37.5 Å². The summed E-state index contributed by atoms with van der Waals surface area (Å²) in [5.41, 5.74) is 1.11. The molecule has 1 aromatic carbocycles. The number of anilines is 1. The molecule has 1 atom stereocenters. The van der Waals surface area contributed by atoms with Crippen molar-refractivity contribution in [3.8, 4) is 5.88 Å². The van der Waals surface area contributed by atoms with Crippen LogP contribution in [-0.4, -0.2) is 56.0 Å². The molecule has 0 aliphatic carbocycles. The summed E-state index contributed by atoms with van der Waals surface area (Å²) in [7, 11) is -1.87. The van der Waals surface area contributed by atoms with E-state index in [4.69, 9.17) is 4.74 Å². The summed E-state index contributed by atoms with van der Waals surface area (Å²) in [6.07, 6.45) is 5.34. The van der Waals surface area contributed by atoms with Crippen LogP contribution in [0.15, 0.2) is 41.6 Å². The second kappa shape index (κ2) is 7.91. The van der Waals surface area contributed by atoms with Gasteiger partial charge in [-0.2, -0.15) is 4.31 Å². The Morgan fingerprint density at radius 3 is 2.62 bits per heavy atom. The Hall–Kier alpha value is -2.19. The highest BCUT2D eigenvalue weighted by Crippen LogP contribution is 2.41. The van der Waals surface area contributed by atoms with Crippen LogP contribution in [0.1, 0.15) is 31.7 Å². The van der Waals surface area contributed by atoms with Gasteiger partial charge in [0.15, 0.2) is 0 Å². The molecular weight excluding hydrogens is 388 g/mol. The van der Waals surface area contributed by atoms with Crippen LogP contribution in [0.2, 0.25) is 0 Å². The first-order valence-corrected chi connectivity index (χ1v) is 11.6. The molecule has 1 spiro atoms. The van der Waals surface area contributed by atoms with Gasteiger partial charge in [-0.25, -0.2) is 18.4 Å². The van der Waals surface area contributed by atoms with Gasteiger partial charge in [-0.05, 0) is 43.4 Å². The topological polar surface area (TPSA) is 75.6 Å². The number of aromatic nitrogens is 2. The van der Waals surface area contributed by atoms with Crippen molar-refractivity contribution in [3.05, 3.63) is 42.2 Å². The number of ether oxygens (including phenoxy) is 1. The lowest BCUT2D eigenvalue weighted by atomic mass is 9.79. The third-order valence-corrected chi connectivity index (χ3v) is 8.05. The highest BCUT2D eigenvalue weighted by molar-refractivity contribution is 7.89. The second-order valence-electron chi connectivity index (χ2n) is 8.03. The van der Waals surface area contributed by atoms with Crippen molar-refractivity contribution in [1.29, 1.82) is 0 Å². The number of benzene rings is 1. The maximum Gasteiger partial charge on any atom is 0.243 e. The molecule has 2 saturated heterocycles. The zero-order valence-corrected chi connectivity index (χ0v) is 17.9. The van der Waals surface area contributed by atoms with Crippen molar-refractivity contribution in [3.63, 3.8) is 0 Å². The summed E-state index contributed by atoms with van der Waals surface area (Å²) >= 11 is 0. The maximum absolute atomic E-state index is 13.2. The Kier molecular flexibility index (Phi) is 5.48. The molecule has 2 aromatic rings. The van der Waals surface area contributed by atoms with Crippen LogP contribution in [0.3, 0.4) is 0 Å². The fourth-order valence-electron chi connectivity index (χ4n) is 4.50. The van der Waals surface area contributed by atoms with E-state index >= 15 is 0 Å². The van der Waals surface area contributed by atoms with E-state index in [0.29, 0.717) is 23.9 Å². The van der Waals surface area contributed by atoms with Crippen molar-refractivity contribution < 1.29 is 13.2 Å². The molecule has 0 radical (unpaired) electrons. The average molecular weight is 417 g/mol. The van der Waals surface area contributed by atoms with Crippen molar-refractivity contribution in [2.75, 3.05) is 38.2 Å². The number of hydrogen-bond acceptors (Lipinski definition) is 6. The summed E-state index contributed by atoms with van der Waals surface area (Å²) < 4.78 is 33.2. The van der Waals surface area contributed by atoms with Crippen LogP contribution in [0.4, 0.5) is 5.82 Å². The SMILES string of the molecule is CCc1ccc(S(=O)(=O)N2CCC3(CCCN(c4cc(OC)ncn4)C3)C2)cc1. The average Bonchev–Trinajstić information content (AvgIpc) is 3.17. The molecule has 2 aliphatic heterocycles. The largest absolute Gasteiger partial charge is 0.481 e. The smallest absolute Gasteiger partial charge is 0.243 e. The van der Waals surface area contributed by atoms with Crippen LogP contribution in [0.5, 0.6) is 5.88 Å². The molecular formula is C21H28N4O3S. The summed E-state index contributed by atoms with van der Waals surface area (Å²) in [5, 5.41) is 0. The molecule has 7 nitrogen and oxygen atoms in total. The molecule has 0 bridgehead atoms. The van der Waals surface area contributed by atoms with Crippen molar-refractivity contribution in [2.24, 2.45) is 5.41 Å². The summed E-state index contributed by atoms with van der Waals surface area (Å²) in [6, 6.07) is 9.13. The molecule has 4 rings (SSSR count). The van der Waals surface area contributed by atoms with Gasteiger partial charge in [-0.3, -0.25) is 0 Å². The zero-order valence-electron chi connectivity index (χ0n) is 17.0. The molecule has 156 valence electrons. The van der Waals surface area contributed by atoms with Gasteiger partial charge in [0.2, 0.25) is 15.9 Å². The van der Waals surface area contributed by atoms with Crippen LogP contribution in [0, 0.1) is 5.41 Å². The lowest BCUT2D eigenvalue weighted by Gasteiger charge is -2.41. The van der Waals surface area contributed by atoms with Gasteiger partial charge in [-0.1, -0.05) is 19.1 Å². The van der Waals surface area contributed by atoms with Gasteiger partial charge >= 0.3 is 0 Å². The molecule has 3 heterocycles.